The van der Waals surface area contributed by atoms with Crippen molar-refractivity contribution in [2.75, 3.05) is 13.2 Å². The van der Waals surface area contributed by atoms with Crippen molar-refractivity contribution in [2.45, 2.75) is 71.7 Å². The maximum atomic E-state index is 12.8. The number of piperazine rings is 1. The Balaban J connectivity index is 2.28. The highest BCUT2D eigenvalue weighted by atomic mass is 16.5. The summed E-state index contributed by atoms with van der Waals surface area (Å²) in [7, 11) is 0. The maximum Gasteiger partial charge on any atom is 0.407 e. The average molecular weight is 312 g/mol. The quantitative estimate of drug-likeness (QED) is 0.805. The van der Waals surface area contributed by atoms with Gasteiger partial charge in [0, 0.05) is 19.2 Å². The van der Waals surface area contributed by atoms with Crippen LogP contribution in [0.3, 0.4) is 0 Å². The van der Waals surface area contributed by atoms with Gasteiger partial charge in [-0.05, 0) is 32.1 Å². The summed E-state index contributed by atoms with van der Waals surface area (Å²) < 4.78 is 5.54. The van der Waals surface area contributed by atoms with Crippen molar-refractivity contribution in [3.05, 3.63) is 0 Å². The number of hydrogen-bond donors (Lipinski definition) is 1. The van der Waals surface area contributed by atoms with Crippen LogP contribution in [0.2, 0.25) is 0 Å². The standard InChI is InChI=1S/C16H28N2O4/c1-10-9-17(15(20)21)13(16(3,4)5)11(2)18(10)14(19)12-7-6-8-22-12/h10-13H,6-9H2,1-5H3,(H,20,21)/t10-,11+,12?,13?/m0/s1. The summed E-state index contributed by atoms with van der Waals surface area (Å²) in [6.07, 6.45) is 0.402. The van der Waals surface area contributed by atoms with E-state index >= 15 is 0 Å². The molecule has 2 unspecified atom stereocenters. The third-order valence-corrected chi connectivity index (χ3v) is 4.76. The number of hydrogen-bond acceptors (Lipinski definition) is 3. The van der Waals surface area contributed by atoms with Crippen molar-refractivity contribution < 1.29 is 19.4 Å². The van der Waals surface area contributed by atoms with Crippen molar-refractivity contribution in [1.29, 1.82) is 0 Å². The monoisotopic (exact) mass is 312 g/mol. The van der Waals surface area contributed by atoms with Gasteiger partial charge in [0.25, 0.3) is 5.91 Å². The number of carbonyl (C=O) groups excluding carboxylic acids is 1. The predicted octanol–water partition coefficient (Wildman–Crippen LogP) is 2.18. The third-order valence-electron chi connectivity index (χ3n) is 4.76. The molecule has 2 aliphatic rings. The molecule has 0 aromatic carbocycles. The molecular formula is C16H28N2O4. The molecule has 0 bridgehead atoms. The van der Waals surface area contributed by atoms with Crippen LogP contribution in [0.25, 0.3) is 0 Å². The van der Waals surface area contributed by atoms with Gasteiger partial charge in [-0.1, -0.05) is 20.8 Å². The summed E-state index contributed by atoms with van der Waals surface area (Å²) in [5.41, 5.74) is -0.243. The zero-order valence-corrected chi connectivity index (χ0v) is 14.2. The first-order valence-electron chi connectivity index (χ1n) is 8.08. The smallest absolute Gasteiger partial charge is 0.407 e. The van der Waals surface area contributed by atoms with Gasteiger partial charge >= 0.3 is 6.09 Å². The second kappa shape index (κ2) is 6.07. The fraction of sp³-hybridized carbons (Fsp3) is 0.875. The van der Waals surface area contributed by atoms with E-state index in [0.29, 0.717) is 13.2 Å². The van der Waals surface area contributed by atoms with E-state index in [9.17, 15) is 14.7 Å². The minimum absolute atomic E-state index is 0.0109. The van der Waals surface area contributed by atoms with Gasteiger partial charge in [-0.15, -0.1) is 0 Å². The lowest BCUT2D eigenvalue weighted by molar-refractivity contribution is -0.153. The number of amides is 2. The topological polar surface area (TPSA) is 70.1 Å². The number of nitrogens with zero attached hydrogens (tertiary/aromatic N) is 2. The first-order valence-corrected chi connectivity index (χ1v) is 8.08. The summed E-state index contributed by atoms with van der Waals surface area (Å²) in [5, 5.41) is 9.54. The Bertz CT molecular complexity index is 440. The number of carbonyl (C=O) groups is 2. The van der Waals surface area contributed by atoms with Crippen LogP contribution in [-0.4, -0.2) is 64.3 Å². The maximum absolute atomic E-state index is 12.8. The van der Waals surface area contributed by atoms with Crippen molar-refractivity contribution in [2.24, 2.45) is 5.41 Å². The van der Waals surface area contributed by atoms with Gasteiger partial charge in [-0.2, -0.15) is 0 Å². The Kier molecular flexibility index (Phi) is 4.70. The van der Waals surface area contributed by atoms with E-state index in [-0.39, 0.29) is 35.6 Å². The summed E-state index contributed by atoms with van der Waals surface area (Å²) in [6.45, 7) is 10.9. The lowest BCUT2D eigenvalue weighted by Crippen LogP contribution is -2.68. The molecule has 0 spiro atoms. The molecule has 6 nitrogen and oxygen atoms in total. The number of carboxylic acid groups (broad SMARTS) is 1. The van der Waals surface area contributed by atoms with Crippen molar-refractivity contribution in [3.8, 4) is 0 Å². The van der Waals surface area contributed by atoms with Crippen molar-refractivity contribution >= 4 is 12.0 Å². The fourth-order valence-electron chi connectivity index (χ4n) is 4.04. The van der Waals surface area contributed by atoms with Crippen molar-refractivity contribution in [3.63, 3.8) is 0 Å². The van der Waals surface area contributed by atoms with E-state index in [1.165, 1.54) is 4.90 Å². The molecule has 2 heterocycles. The number of ether oxygens (including phenoxy) is 1. The second-order valence-electron chi connectivity index (χ2n) is 7.58. The molecule has 1 N–H and O–H groups in total. The van der Waals surface area contributed by atoms with E-state index in [2.05, 4.69) is 0 Å². The van der Waals surface area contributed by atoms with E-state index in [4.69, 9.17) is 4.74 Å². The van der Waals surface area contributed by atoms with Gasteiger partial charge < -0.3 is 19.6 Å². The van der Waals surface area contributed by atoms with Gasteiger partial charge in [0.15, 0.2) is 0 Å². The first kappa shape index (κ1) is 17.1. The molecule has 0 saturated carbocycles. The summed E-state index contributed by atoms with van der Waals surface area (Å²) in [5.74, 6) is 0.0109. The highest BCUT2D eigenvalue weighted by Gasteiger charge is 2.48. The summed E-state index contributed by atoms with van der Waals surface area (Å²) >= 11 is 0. The van der Waals surface area contributed by atoms with Crippen LogP contribution in [-0.2, 0) is 9.53 Å². The average Bonchev–Trinajstić information content (AvgIpc) is 2.89. The van der Waals surface area contributed by atoms with Crippen molar-refractivity contribution in [1.82, 2.24) is 9.80 Å². The second-order valence-corrected chi connectivity index (χ2v) is 7.58. The molecular weight excluding hydrogens is 284 g/mol. The summed E-state index contributed by atoms with van der Waals surface area (Å²) in [4.78, 5) is 27.8. The molecule has 0 aliphatic carbocycles. The van der Waals surface area contributed by atoms with Crippen LogP contribution >= 0.6 is 0 Å². The van der Waals surface area contributed by atoms with Gasteiger partial charge in [0.05, 0.1) is 12.1 Å². The molecule has 2 amide bonds. The van der Waals surface area contributed by atoms with E-state index in [1.54, 1.807) is 0 Å². The van der Waals surface area contributed by atoms with E-state index in [0.717, 1.165) is 12.8 Å². The Morgan fingerprint density at radius 2 is 1.86 bits per heavy atom. The Morgan fingerprint density at radius 1 is 1.23 bits per heavy atom. The molecule has 22 heavy (non-hydrogen) atoms. The Labute approximate surface area is 132 Å². The van der Waals surface area contributed by atoms with Crippen LogP contribution in [0.4, 0.5) is 4.79 Å². The highest BCUT2D eigenvalue weighted by Crippen LogP contribution is 2.35. The molecule has 2 fully saturated rings. The van der Waals surface area contributed by atoms with Crippen LogP contribution in [0, 0.1) is 5.41 Å². The van der Waals surface area contributed by atoms with Crippen LogP contribution in [0.1, 0.15) is 47.5 Å². The van der Waals surface area contributed by atoms with Gasteiger partial charge in [0.2, 0.25) is 0 Å². The zero-order valence-electron chi connectivity index (χ0n) is 14.2. The van der Waals surface area contributed by atoms with Gasteiger partial charge in [0.1, 0.15) is 6.10 Å². The van der Waals surface area contributed by atoms with Crippen LogP contribution < -0.4 is 0 Å². The third kappa shape index (κ3) is 3.07. The lowest BCUT2D eigenvalue weighted by Gasteiger charge is -2.53. The van der Waals surface area contributed by atoms with E-state index in [1.807, 2.05) is 39.5 Å². The lowest BCUT2D eigenvalue weighted by atomic mass is 9.79. The molecule has 2 rings (SSSR count). The SMILES string of the molecule is C[C@@H]1C(C(C)(C)C)N(C(=O)O)C[C@H](C)N1C(=O)C1CCCO1. The van der Waals surface area contributed by atoms with Gasteiger partial charge in [-0.3, -0.25) is 4.79 Å². The molecule has 6 heteroatoms. The fourth-order valence-corrected chi connectivity index (χ4v) is 4.04. The zero-order chi connectivity index (χ0) is 16.7. The van der Waals surface area contributed by atoms with E-state index < -0.39 is 6.09 Å². The summed E-state index contributed by atoms with van der Waals surface area (Å²) in [6, 6.07) is -0.537. The Hall–Kier alpha value is -1.30. The molecule has 2 saturated heterocycles. The molecule has 0 aromatic heterocycles. The number of rotatable bonds is 1. The molecule has 2 aliphatic heterocycles. The minimum Gasteiger partial charge on any atom is -0.465 e. The largest absolute Gasteiger partial charge is 0.465 e. The molecule has 126 valence electrons. The van der Waals surface area contributed by atoms with Crippen LogP contribution in [0.15, 0.2) is 0 Å². The Morgan fingerprint density at radius 3 is 2.32 bits per heavy atom. The molecule has 0 radical (unpaired) electrons. The minimum atomic E-state index is -0.914. The normalized spacial score (nSPS) is 33.1. The molecule has 0 aromatic rings. The first-order chi connectivity index (χ1) is 10.1. The molecule has 4 atom stereocenters. The predicted molar refractivity (Wildman–Crippen MR) is 82.7 cm³/mol. The van der Waals surface area contributed by atoms with Gasteiger partial charge in [-0.25, -0.2) is 4.79 Å². The highest BCUT2D eigenvalue weighted by molar-refractivity contribution is 5.82. The van der Waals surface area contributed by atoms with Crippen LogP contribution in [0.5, 0.6) is 0 Å².